The predicted octanol–water partition coefficient (Wildman–Crippen LogP) is 2.13. The van der Waals surface area contributed by atoms with Gasteiger partial charge in [-0.05, 0) is 57.2 Å². The minimum atomic E-state index is 1.12. The van der Waals surface area contributed by atoms with Gasteiger partial charge in [0.15, 0.2) is 0 Å². The van der Waals surface area contributed by atoms with Crippen LogP contribution in [0.15, 0.2) is 0 Å². The summed E-state index contributed by atoms with van der Waals surface area (Å²) in [5.74, 6) is 2.23. The molecule has 1 aliphatic carbocycles. The van der Waals surface area contributed by atoms with Crippen LogP contribution in [0.3, 0.4) is 0 Å². The molecule has 0 radical (unpaired) electrons. The Labute approximate surface area is 69.8 Å². The van der Waals surface area contributed by atoms with Crippen molar-refractivity contribution in [2.45, 2.75) is 32.6 Å². The smallest absolute Gasteiger partial charge is 0.00161 e. The molecule has 1 saturated heterocycles. The van der Waals surface area contributed by atoms with Crippen LogP contribution in [0.25, 0.3) is 0 Å². The monoisotopic (exact) mass is 153 g/mol. The number of rotatable bonds is 1. The van der Waals surface area contributed by atoms with E-state index < -0.39 is 0 Å². The van der Waals surface area contributed by atoms with E-state index in [2.05, 4.69) is 11.8 Å². The zero-order valence-electron chi connectivity index (χ0n) is 7.55. The van der Waals surface area contributed by atoms with Gasteiger partial charge in [-0.15, -0.1) is 0 Å². The zero-order chi connectivity index (χ0) is 7.68. The molecule has 2 unspecified atom stereocenters. The molecule has 0 amide bonds. The number of hydrogen-bond donors (Lipinski definition) is 0. The van der Waals surface area contributed by atoms with E-state index in [0.717, 1.165) is 11.8 Å². The van der Waals surface area contributed by atoms with Crippen molar-refractivity contribution in [3.05, 3.63) is 0 Å². The fraction of sp³-hybridized carbons (Fsp3) is 1.00. The van der Waals surface area contributed by atoms with Gasteiger partial charge in [0.2, 0.25) is 0 Å². The van der Waals surface area contributed by atoms with Crippen LogP contribution < -0.4 is 0 Å². The lowest BCUT2D eigenvalue weighted by Crippen LogP contribution is -2.24. The highest BCUT2D eigenvalue weighted by atomic mass is 15.1. The second-order valence-corrected chi connectivity index (χ2v) is 4.11. The van der Waals surface area contributed by atoms with Crippen LogP contribution >= 0.6 is 0 Å². The van der Waals surface area contributed by atoms with E-state index in [1.807, 2.05) is 0 Å². The molecule has 1 aliphatic heterocycles. The summed E-state index contributed by atoms with van der Waals surface area (Å²) in [5, 5.41) is 0. The molecule has 0 aromatic rings. The average Bonchev–Trinajstić information content (AvgIpc) is 2.11. The van der Waals surface area contributed by atoms with E-state index in [0.29, 0.717) is 0 Å². The first-order chi connectivity index (χ1) is 5.40. The van der Waals surface area contributed by atoms with Crippen LogP contribution in [0, 0.1) is 11.8 Å². The Morgan fingerprint density at radius 1 is 1.00 bits per heavy atom. The third-order valence-corrected chi connectivity index (χ3v) is 3.65. The van der Waals surface area contributed by atoms with Crippen molar-refractivity contribution in [3.8, 4) is 0 Å². The summed E-state index contributed by atoms with van der Waals surface area (Å²) in [5.41, 5.74) is 0. The Bertz CT molecular complexity index is 119. The number of fused-ring (bicyclic) bond motifs is 1. The number of likely N-dealkylation sites (tertiary alicyclic amines) is 1. The average molecular weight is 153 g/mol. The highest BCUT2D eigenvalue weighted by Crippen LogP contribution is 2.40. The Morgan fingerprint density at radius 2 is 1.55 bits per heavy atom. The first-order valence-electron chi connectivity index (χ1n) is 5.12. The molecular formula is C10H19N. The third kappa shape index (κ3) is 1.44. The predicted molar refractivity (Wildman–Crippen MR) is 47.6 cm³/mol. The molecule has 2 fully saturated rings. The second kappa shape index (κ2) is 3.14. The van der Waals surface area contributed by atoms with Crippen LogP contribution in [0.1, 0.15) is 32.6 Å². The van der Waals surface area contributed by atoms with Gasteiger partial charge in [0.05, 0.1) is 0 Å². The van der Waals surface area contributed by atoms with Crippen molar-refractivity contribution in [2.24, 2.45) is 11.8 Å². The van der Waals surface area contributed by atoms with E-state index in [1.54, 1.807) is 0 Å². The minimum Gasteiger partial charge on any atom is -0.304 e. The van der Waals surface area contributed by atoms with Crippen LogP contribution in [-0.4, -0.2) is 24.5 Å². The van der Waals surface area contributed by atoms with Gasteiger partial charge >= 0.3 is 0 Å². The van der Waals surface area contributed by atoms with Crippen molar-refractivity contribution in [3.63, 3.8) is 0 Å². The van der Waals surface area contributed by atoms with Crippen molar-refractivity contribution in [1.82, 2.24) is 4.90 Å². The van der Waals surface area contributed by atoms with Crippen molar-refractivity contribution >= 4 is 0 Å². The van der Waals surface area contributed by atoms with E-state index in [9.17, 15) is 0 Å². The lowest BCUT2D eigenvalue weighted by molar-refractivity contribution is 0.171. The molecule has 2 atom stereocenters. The summed E-state index contributed by atoms with van der Waals surface area (Å²) in [4.78, 5) is 2.61. The maximum Gasteiger partial charge on any atom is -0.00161 e. The van der Waals surface area contributed by atoms with E-state index in [1.165, 1.54) is 45.3 Å². The topological polar surface area (TPSA) is 3.24 Å². The molecule has 0 spiro atoms. The Morgan fingerprint density at radius 3 is 1.91 bits per heavy atom. The molecule has 0 N–H and O–H groups in total. The molecule has 0 bridgehead atoms. The molecule has 0 aromatic heterocycles. The van der Waals surface area contributed by atoms with Gasteiger partial charge in [0, 0.05) is 0 Å². The molecule has 64 valence electrons. The summed E-state index contributed by atoms with van der Waals surface area (Å²) in [7, 11) is 0. The fourth-order valence-corrected chi connectivity index (χ4v) is 2.52. The summed E-state index contributed by atoms with van der Waals surface area (Å²) >= 11 is 0. The zero-order valence-corrected chi connectivity index (χ0v) is 7.55. The SMILES string of the molecule is CCN1CCC2CCC2CC1. The van der Waals surface area contributed by atoms with Gasteiger partial charge < -0.3 is 4.90 Å². The molecule has 1 nitrogen and oxygen atoms in total. The van der Waals surface area contributed by atoms with E-state index in [-0.39, 0.29) is 0 Å². The van der Waals surface area contributed by atoms with Gasteiger partial charge in [-0.2, -0.15) is 0 Å². The highest BCUT2D eigenvalue weighted by Gasteiger charge is 2.32. The Hall–Kier alpha value is -0.0400. The van der Waals surface area contributed by atoms with E-state index >= 15 is 0 Å². The fourth-order valence-electron chi connectivity index (χ4n) is 2.52. The maximum atomic E-state index is 2.61. The Kier molecular flexibility index (Phi) is 2.17. The molecule has 2 rings (SSSR count). The van der Waals surface area contributed by atoms with Gasteiger partial charge in [0.25, 0.3) is 0 Å². The van der Waals surface area contributed by atoms with Gasteiger partial charge in [-0.3, -0.25) is 0 Å². The first-order valence-corrected chi connectivity index (χ1v) is 5.12. The van der Waals surface area contributed by atoms with E-state index in [4.69, 9.17) is 0 Å². The lowest BCUT2D eigenvalue weighted by Gasteiger charge is -2.34. The second-order valence-electron chi connectivity index (χ2n) is 4.11. The molecule has 2 aliphatic rings. The maximum absolute atomic E-state index is 2.61. The molecule has 1 saturated carbocycles. The molecule has 11 heavy (non-hydrogen) atoms. The van der Waals surface area contributed by atoms with Crippen molar-refractivity contribution < 1.29 is 0 Å². The third-order valence-electron chi connectivity index (χ3n) is 3.65. The minimum absolute atomic E-state index is 1.12. The van der Waals surface area contributed by atoms with Crippen LogP contribution in [0.5, 0.6) is 0 Å². The summed E-state index contributed by atoms with van der Waals surface area (Å²) in [6.45, 7) is 6.29. The van der Waals surface area contributed by atoms with Crippen LogP contribution in [0.2, 0.25) is 0 Å². The summed E-state index contributed by atoms with van der Waals surface area (Å²) < 4.78 is 0. The highest BCUT2D eigenvalue weighted by molar-refractivity contribution is 4.84. The first kappa shape index (κ1) is 7.60. The number of hydrogen-bond acceptors (Lipinski definition) is 1. The summed E-state index contributed by atoms with van der Waals surface area (Å²) in [6.07, 6.45) is 6.03. The Balaban J connectivity index is 1.87. The van der Waals surface area contributed by atoms with Crippen molar-refractivity contribution in [2.75, 3.05) is 19.6 Å². The molecule has 0 aromatic carbocycles. The summed E-state index contributed by atoms with van der Waals surface area (Å²) in [6, 6.07) is 0. The molecular weight excluding hydrogens is 134 g/mol. The van der Waals surface area contributed by atoms with Crippen LogP contribution in [-0.2, 0) is 0 Å². The normalized spacial score (nSPS) is 39.0. The van der Waals surface area contributed by atoms with Gasteiger partial charge in [-0.25, -0.2) is 0 Å². The lowest BCUT2D eigenvalue weighted by atomic mass is 9.71. The van der Waals surface area contributed by atoms with Gasteiger partial charge in [-0.1, -0.05) is 6.92 Å². The van der Waals surface area contributed by atoms with Crippen LogP contribution in [0.4, 0.5) is 0 Å². The standard InChI is InChI=1S/C10H19N/c1-2-11-7-5-9-3-4-10(9)6-8-11/h9-10H,2-8H2,1H3. The molecule has 1 heteroatoms. The quantitative estimate of drug-likeness (QED) is 0.558. The number of nitrogens with zero attached hydrogens (tertiary/aromatic N) is 1. The molecule has 1 heterocycles. The van der Waals surface area contributed by atoms with Crippen molar-refractivity contribution in [1.29, 1.82) is 0 Å². The largest absolute Gasteiger partial charge is 0.304 e. The van der Waals surface area contributed by atoms with Gasteiger partial charge in [0.1, 0.15) is 0 Å².